The van der Waals surface area contributed by atoms with Crippen molar-refractivity contribution >= 4 is 11.9 Å². The number of carbonyl (C=O) groups is 2. The Kier molecular flexibility index (Phi) is 6.09. The molecule has 4 heteroatoms. The van der Waals surface area contributed by atoms with Gasteiger partial charge < -0.3 is 10.0 Å². The average molecular weight is 211 g/mol. The summed E-state index contributed by atoms with van der Waals surface area (Å²) >= 11 is 0. The second-order valence-corrected chi connectivity index (χ2v) is 3.16. The molecule has 84 valence electrons. The second-order valence-electron chi connectivity index (χ2n) is 3.16. The molecule has 15 heavy (non-hydrogen) atoms. The summed E-state index contributed by atoms with van der Waals surface area (Å²) < 4.78 is 0. The molecule has 0 radical (unpaired) electrons. The largest absolute Gasteiger partial charge is 0.480 e. The second kappa shape index (κ2) is 6.81. The van der Waals surface area contributed by atoms with Gasteiger partial charge in [0.15, 0.2) is 0 Å². The molecule has 0 aliphatic heterocycles. The van der Waals surface area contributed by atoms with E-state index in [-0.39, 0.29) is 19.0 Å². The van der Waals surface area contributed by atoms with E-state index in [0.717, 1.165) is 6.42 Å². The highest BCUT2D eigenvalue weighted by Crippen LogP contribution is 2.02. The minimum atomic E-state index is -1.02. The number of rotatable bonds is 6. The van der Waals surface area contributed by atoms with Gasteiger partial charge >= 0.3 is 5.97 Å². The SMILES string of the molecule is C=CCN(CC(=O)O)C(=O)C(C)=CCC. The molecule has 1 amide bonds. The van der Waals surface area contributed by atoms with E-state index in [4.69, 9.17) is 5.11 Å². The molecule has 0 unspecified atom stereocenters. The van der Waals surface area contributed by atoms with Crippen LogP contribution >= 0.6 is 0 Å². The predicted octanol–water partition coefficient (Wildman–Crippen LogP) is 1.44. The third-order valence-corrected chi connectivity index (χ3v) is 1.81. The van der Waals surface area contributed by atoms with Crippen LogP contribution in [-0.2, 0) is 9.59 Å². The molecule has 0 rings (SSSR count). The molecule has 0 aromatic heterocycles. The Morgan fingerprint density at radius 1 is 1.47 bits per heavy atom. The van der Waals surface area contributed by atoms with Crippen LogP contribution in [0.4, 0.5) is 0 Å². The van der Waals surface area contributed by atoms with Crippen LogP contribution in [0.1, 0.15) is 20.3 Å². The minimum absolute atomic E-state index is 0.250. The summed E-state index contributed by atoms with van der Waals surface area (Å²) in [5.74, 6) is -1.27. The first-order valence-electron chi connectivity index (χ1n) is 4.81. The molecular weight excluding hydrogens is 194 g/mol. The first kappa shape index (κ1) is 13.4. The van der Waals surface area contributed by atoms with Crippen molar-refractivity contribution in [1.29, 1.82) is 0 Å². The Morgan fingerprint density at radius 3 is 2.47 bits per heavy atom. The first-order valence-corrected chi connectivity index (χ1v) is 4.81. The number of allylic oxidation sites excluding steroid dienone is 1. The Morgan fingerprint density at radius 2 is 2.07 bits per heavy atom. The van der Waals surface area contributed by atoms with Crippen LogP contribution in [0.3, 0.4) is 0 Å². The predicted molar refractivity (Wildman–Crippen MR) is 58.5 cm³/mol. The number of amides is 1. The van der Waals surface area contributed by atoms with E-state index in [9.17, 15) is 9.59 Å². The van der Waals surface area contributed by atoms with Crippen LogP contribution in [0.2, 0.25) is 0 Å². The van der Waals surface area contributed by atoms with E-state index >= 15 is 0 Å². The van der Waals surface area contributed by atoms with E-state index in [1.165, 1.54) is 11.0 Å². The van der Waals surface area contributed by atoms with Gasteiger partial charge in [-0.15, -0.1) is 6.58 Å². The molecule has 0 spiro atoms. The van der Waals surface area contributed by atoms with Gasteiger partial charge in [-0.1, -0.05) is 19.1 Å². The molecule has 0 aromatic carbocycles. The lowest BCUT2D eigenvalue weighted by Gasteiger charge is -2.19. The Hall–Kier alpha value is -1.58. The van der Waals surface area contributed by atoms with Gasteiger partial charge in [-0.05, 0) is 13.3 Å². The molecule has 0 bridgehead atoms. The lowest BCUT2D eigenvalue weighted by atomic mass is 10.2. The average Bonchev–Trinajstić information content (AvgIpc) is 2.16. The molecule has 0 saturated carbocycles. The van der Waals surface area contributed by atoms with Crippen LogP contribution in [0, 0.1) is 0 Å². The smallest absolute Gasteiger partial charge is 0.323 e. The highest BCUT2D eigenvalue weighted by molar-refractivity contribution is 5.94. The lowest BCUT2D eigenvalue weighted by molar-refractivity contribution is -0.142. The van der Waals surface area contributed by atoms with Gasteiger partial charge in [0.25, 0.3) is 0 Å². The summed E-state index contributed by atoms with van der Waals surface area (Å²) in [6, 6.07) is 0. The molecule has 1 N–H and O–H groups in total. The number of hydrogen-bond acceptors (Lipinski definition) is 2. The molecular formula is C11H17NO3. The summed E-state index contributed by atoms with van der Waals surface area (Å²) in [7, 11) is 0. The molecule has 0 heterocycles. The van der Waals surface area contributed by atoms with Gasteiger partial charge in [-0.25, -0.2) is 0 Å². The van der Waals surface area contributed by atoms with E-state index in [2.05, 4.69) is 6.58 Å². The summed E-state index contributed by atoms with van der Waals surface area (Å²) in [5.41, 5.74) is 0.570. The van der Waals surface area contributed by atoms with Crippen molar-refractivity contribution in [1.82, 2.24) is 4.90 Å². The van der Waals surface area contributed by atoms with E-state index in [1.807, 2.05) is 6.92 Å². The third-order valence-electron chi connectivity index (χ3n) is 1.81. The van der Waals surface area contributed by atoms with E-state index in [1.54, 1.807) is 13.0 Å². The van der Waals surface area contributed by atoms with Crippen LogP contribution in [-0.4, -0.2) is 35.0 Å². The van der Waals surface area contributed by atoms with Crippen LogP contribution in [0.15, 0.2) is 24.3 Å². The Bertz CT molecular complexity index is 282. The van der Waals surface area contributed by atoms with Crippen molar-refractivity contribution in [3.63, 3.8) is 0 Å². The number of nitrogens with zero attached hydrogens (tertiary/aromatic N) is 1. The first-order chi connectivity index (χ1) is 7.02. The number of aliphatic carboxylic acids is 1. The van der Waals surface area contributed by atoms with Gasteiger partial charge in [0, 0.05) is 12.1 Å². The van der Waals surface area contributed by atoms with Crippen molar-refractivity contribution in [3.8, 4) is 0 Å². The van der Waals surface area contributed by atoms with Gasteiger partial charge in [-0.2, -0.15) is 0 Å². The van der Waals surface area contributed by atoms with Crippen LogP contribution in [0.25, 0.3) is 0 Å². The molecule has 4 nitrogen and oxygen atoms in total. The monoisotopic (exact) mass is 211 g/mol. The Balaban J connectivity index is 4.60. The van der Waals surface area contributed by atoms with Crippen molar-refractivity contribution in [2.75, 3.05) is 13.1 Å². The van der Waals surface area contributed by atoms with E-state index < -0.39 is 5.97 Å². The zero-order valence-electron chi connectivity index (χ0n) is 9.19. The number of carboxylic acids is 1. The quantitative estimate of drug-likeness (QED) is 0.534. The van der Waals surface area contributed by atoms with E-state index in [0.29, 0.717) is 5.57 Å². The summed E-state index contributed by atoms with van der Waals surface area (Å²) in [4.78, 5) is 23.5. The summed E-state index contributed by atoms with van der Waals surface area (Å²) in [6.07, 6.45) is 4.05. The zero-order valence-corrected chi connectivity index (χ0v) is 9.19. The fourth-order valence-corrected chi connectivity index (χ4v) is 1.18. The van der Waals surface area contributed by atoms with Crippen molar-refractivity contribution in [2.24, 2.45) is 0 Å². The van der Waals surface area contributed by atoms with Crippen molar-refractivity contribution < 1.29 is 14.7 Å². The number of carbonyl (C=O) groups excluding carboxylic acids is 1. The zero-order chi connectivity index (χ0) is 11.8. The lowest BCUT2D eigenvalue weighted by Crippen LogP contribution is -2.36. The fraction of sp³-hybridized carbons (Fsp3) is 0.455. The summed E-state index contributed by atoms with van der Waals surface area (Å²) in [6.45, 7) is 7.05. The van der Waals surface area contributed by atoms with Gasteiger partial charge in [0.05, 0.1) is 0 Å². The maximum absolute atomic E-state index is 11.7. The van der Waals surface area contributed by atoms with Gasteiger partial charge in [0.1, 0.15) is 6.54 Å². The fourth-order valence-electron chi connectivity index (χ4n) is 1.18. The third kappa shape index (κ3) is 5.00. The molecule has 0 aliphatic carbocycles. The molecule has 0 atom stereocenters. The van der Waals surface area contributed by atoms with Crippen LogP contribution in [0.5, 0.6) is 0 Å². The Labute approximate surface area is 89.9 Å². The van der Waals surface area contributed by atoms with Crippen molar-refractivity contribution in [3.05, 3.63) is 24.3 Å². The molecule has 0 saturated heterocycles. The summed E-state index contributed by atoms with van der Waals surface area (Å²) in [5, 5.41) is 8.62. The standard InChI is InChI=1S/C11H17NO3/c1-4-6-9(3)11(15)12(7-5-2)8-10(13)14/h5-6H,2,4,7-8H2,1,3H3,(H,13,14). The minimum Gasteiger partial charge on any atom is -0.480 e. The van der Waals surface area contributed by atoms with Crippen LogP contribution < -0.4 is 0 Å². The topological polar surface area (TPSA) is 57.6 Å². The normalized spacial score (nSPS) is 10.9. The van der Waals surface area contributed by atoms with Gasteiger partial charge in [-0.3, -0.25) is 9.59 Å². The molecule has 0 aromatic rings. The molecule has 0 fully saturated rings. The molecule has 0 aliphatic rings. The highest BCUT2D eigenvalue weighted by atomic mass is 16.4. The number of carboxylic acid groups (broad SMARTS) is 1. The number of hydrogen-bond donors (Lipinski definition) is 1. The highest BCUT2D eigenvalue weighted by Gasteiger charge is 2.16. The maximum Gasteiger partial charge on any atom is 0.323 e. The van der Waals surface area contributed by atoms with Crippen molar-refractivity contribution in [2.45, 2.75) is 20.3 Å². The maximum atomic E-state index is 11.7. The van der Waals surface area contributed by atoms with Gasteiger partial charge in [0.2, 0.25) is 5.91 Å².